The standard InChI is InChI=1S/C13H20ClN3O/c1-13(2,12(18)16-15)9-17(3)8-10-4-6-11(14)7-5-10/h4-7H,8-9,15H2,1-3H3,(H,16,18). The predicted molar refractivity (Wildman–Crippen MR) is 73.9 cm³/mol. The number of rotatable bonds is 5. The van der Waals surface area contributed by atoms with Gasteiger partial charge in [0.2, 0.25) is 5.91 Å². The van der Waals surface area contributed by atoms with Crippen LogP contribution in [0.15, 0.2) is 24.3 Å². The van der Waals surface area contributed by atoms with E-state index in [4.69, 9.17) is 17.4 Å². The summed E-state index contributed by atoms with van der Waals surface area (Å²) in [4.78, 5) is 13.7. The molecule has 1 aromatic rings. The summed E-state index contributed by atoms with van der Waals surface area (Å²) in [5.74, 6) is 5.01. The van der Waals surface area contributed by atoms with Gasteiger partial charge in [-0.2, -0.15) is 0 Å². The fourth-order valence-electron chi connectivity index (χ4n) is 1.90. The quantitative estimate of drug-likeness (QED) is 0.487. The van der Waals surface area contributed by atoms with Crippen LogP contribution in [0.25, 0.3) is 0 Å². The number of hydrogen-bond donors (Lipinski definition) is 2. The third-order valence-electron chi connectivity index (χ3n) is 2.78. The number of carbonyl (C=O) groups excluding carboxylic acids is 1. The number of hydrazine groups is 1. The smallest absolute Gasteiger partial charge is 0.240 e. The molecular formula is C13H20ClN3O. The number of amides is 1. The Morgan fingerprint density at radius 3 is 2.44 bits per heavy atom. The van der Waals surface area contributed by atoms with Gasteiger partial charge in [-0.25, -0.2) is 5.84 Å². The molecule has 0 unspecified atom stereocenters. The fraction of sp³-hybridized carbons (Fsp3) is 0.462. The molecule has 18 heavy (non-hydrogen) atoms. The van der Waals surface area contributed by atoms with E-state index in [-0.39, 0.29) is 5.91 Å². The van der Waals surface area contributed by atoms with Crippen molar-refractivity contribution < 1.29 is 4.79 Å². The van der Waals surface area contributed by atoms with Crippen molar-refractivity contribution in [2.45, 2.75) is 20.4 Å². The van der Waals surface area contributed by atoms with Crippen molar-refractivity contribution in [3.8, 4) is 0 Å². The largest absolute Gasteiger partial charge is 0.301 e. The van der Waals surface area contributed by atoms with Crippen molar-refractivity contribution in [1.29, 1.82) is 0 Å². The molecule has 1 aromatic carbocycles. The minimum atomic E-state index is -0.518. The van der Waals surface area contributed by atoms with Gasteiger partial charge in [-0.05, 0) is 38.6 Å². The van der Waals surface area contributed by atoms with Gasteiger partial charge in [0.1, 0.15) is 0 Å². The van der Waals surface area contributed by atoms with E-state index in [0.29, 0.717) is 6.54 Å². The van der Waals surface area contributed by atoms with Gasteiger partial charge in [-0.15, -0.1) is 0 Å². The van der Waals surface area contributed by atoms with E-state index in [2.05, 4.69) is 10.3 Å². The van der Waals surface area contributed by atoms with Crippen LogP contribution in [-0.2, 0) is 11.3 Å². The number of carbonyl (C=O) groups is 1. The van der Waals surface area contributed by atoms with Crippen LogP contribution >= 0.6 is 11.6 Å². The fourth-order valence-corrected chi connectivity index (χ4v) is 2.03. The van der Waals surface area contributed by atoms with E-state index in [1.165, 1.54) is 0 Å². The van der Waals surface area contributed by atoms with Gasteiger partial charge >= 0.3 is 0 Å². The molecule has 0 radical (unpaired) electrons. The highest BCUT2D eigenvalue weighted by molar-refractivity contribution is 6.30. The molecule has 0 aromatic heterocycles. The van der Waals surface area contributed by atoms with Crippen molar-refractivity contribution in [2.75, 3.05) is 13.6 Å². The lowest BCUT2D eigenvalue weighted by Crippen LogP contribution is -2.46. The number of benzene rings is 1. The second kappa shape index (κ2) is 6.18. The van der Waals surface area contributed by atoms with E-state index < -0.39 is 5.41 Å². The molecule has 0 atom stereocenters. The molecule has 1 amide bonds. The Hall–Kier alpha value is -1.10. The Labute approximate surface area is 113 Å². The van der Waals surface area contributed by atoms with Crippen molar-refractivity contribution >= 4 is 17.5 Å². The first-order valence-electron chi connectivity index (χ1n) is 5.79. The van der Waals surface area contributed by atoms with Gasteiger partial charge in [0.15, 0.2) is 0 Å². The van der Waals surface area contributed by atoms with Gasteiger partial charge in [0, 0.05) is 18.1 Å². The van der Waals surface area contributed by atoms with Crippen LogP contribution in [0.1, 0.15) is 19.4 Å². The monoisotopic (exact) mass is 269 g/mol. The molecule has 0 saturated carbocycles. The molecule has 0 fully saturated rings. The lowest BCUT2D eigenvalue weighted by atomic mass is 9.92. The van der Waals surface area contributed by atoms with Crippen LogP contribution in [-0.4, -0.2) is 24.4 Å². The number of nitrogens with one attached hydrogen (secondary N) is 1. The Balaban J connectivity index is 2.58. The average molecular weight is 270 g/mol. The second-order valence-electron chi connectivity index (χ2n) is 5.16. The van der Waals surface area contributed by atoms with Crippen molar-refractivity contribution in [3.63, 3.8) is 0 Å². The van der Waals surface area contributed by atoms with Crippen molar-refractivity contribution in [2.24, 2.45) is 11.3 Å². The highest BCUT2D eigenvalue weighted by atomic mass is 35.5. The molecule has 100 valence electrons. The van der Waals surface area contributed by atoms with E-state index in [0.717, 1.165) is 17.1 Å². The van der Waals surface area contributed by atoms with E-state index in [1.54, 1.807) is 0 Å². The summed E-state index contributed by atoms with van der Waals surface area (Å²) in [6.45, 7) is 5.12. The van der Waals surface area contributed by atoms with Crippen LogP contribution in [0.3, 0.4) is 0 Å². The maximum absolute atomic E-state index is 11.6. The first-order chi connectivity index (χ1) is 8.35. The van der Waals surface area contributed by atoms with E-state index >= 15 is 0 Å². The van der Waals surface area contributed by atoms with Gasteiger partial charge in [-0.1, -0.05) is 23.7 Å². The van der Waals surface area contributed by atoms with Gasteiger partial charge in [0.05, 0.1) is 5.41 Å². The lowest BCUT2D eigenvalue weighted by Gasteiger charge is -2.28. The van der Waals surface area contributed by atoms with Crippen LogP contribution in [0.5, 0.6) is 0 Å². The minimum absolute atomic E-state index is 0.162. The van der Waals surface area contributed by atoms with Crippen LogP contribution in [0, 0.1) is 5.41 Å². The molecule has 0 aliphatic heterocycles. The number of hydrogen-bond acceptors (Lipinski definition) is 3. The number of halogens is 1. The second-order valence-corrected chi connectivity index (χ2v) is 5.59. The average Bonchev–Trinajstić information content (AvgIpc) is 2.30. The Morgan fingerprint density at radius 1 is 1.39 bits per heavy atom. The zero-order valence-electron chi connectivity index (χ0n) is 11.0. The molecule has 0 spiro atoms. The summed E-state index contributed by atoms with van der Waals surface area (Å²) in [6.07, 6.45) is 0. The Kier molecular flexibility index (Phi) is 5.14. The SMILES string of the molecule is CN(Cc1ccc(Cl)cc1)CC(C)(C)C(=O)NN. The maximum atomic E-state index is 11.6. The first-order valence-corrected chi connectivity index (χ1v) is 6.17. The third-order valence-corrected chi connectivity index (χ3v) is 3.03. The zero-order valence-corrected chi connectivity index (χ0v) is 11.8. The van der Waals surface area contributed by atoms with E-state index in [1.807, 2.05) is 45.2 Å². The molecule has 3 N–H and O–H groups in total. The number of nitrogens with two attached hydrogens (primary N) is 1. The zero-order chi connectivity index (χ0) is 13.8. The Bertz CT molecular complexity index is 403. The van der Waals surface area contributed by atoms with Crippen LogP contribution in [0.2, 0.25) is 5.02 Å². The molecule has 0 heterocycles. The molecule has 5 heteroatoms. The maximum Gasteiger partial charge on any atom is 0.240 e. The predicted octanol–water partition coefficient (Wildman–Crippen LogP) is 1.79. The lowest BCUT2D eigenvalue weighted by molar-refractivity contribution is -0.130. The summed E-state index contributed by atoms with van der Waals surface area (Å²) in [5, 5.41) is 0.726. The van der Waals surface area contributed by atoms with Crippen LogP contribution in [0.4, 0.5) is 0 Å². The molecule has 0 aliphatic carbocycles. The van der Waals surface area contributed by atoms with E-state index in [9.17, 15) is 4.79 Å². The molecular weight excluding hydrogens is 250 g/mol. The highest BCUT2D eigenvalue weighted by Gasteiger charge is 2.28. The first kappa shape index (κ1) is 15.0. The van der Waals surface area contributed by atoms with Crippen molar-refractivity contribution in [1.82, 2.24) is 10.3 Å². The van der Waals surface area contributed by atoms with Gasteiger partial charge < -0.3 is 4.90 Å². The van der Waals surface area contributed by atoms with Gasteiger partial charge in [-0.3, -0.25) is 10.2 Å². The molecule has 0 saturated heterocycles. The van der Waals surface area contributed by atoms with Crippen molar-refractivity contribution in [3.05, 3.63) is 34.9 Å². The topological polar surface area (TPSA) is 58.4 Å². The molecule has 0 bridgehead atoms. The number of nitrogens with zero attached hydrogens (tertiary/aromatic N) is 1. The molecule has 4 nitrogen and oxygen atoms in total. The third kappa shape index (κ3) is 4.29. The summed E-state index contributed by atoms with van der Waals surface area (Å²) in [7, 11) is 1.97. The highest BCUT2D eigenvalue weighted by Crippen LogP contribution is 2.18. The van der Waals surface area contributed by atoms with Gasteiger partial charge in [0.25, 0.3) is 0 Å². The summed E-state index contributed by atoms with van der Waals surface area (Å²) in [6, 6.07) is 7.69. The normalized spacial score (nSPS) is 11.7. The van der Waals surface area contributed by atoms with Crippen LogP contribution < -0.4 is 11.3 Å². The summed E-state index contributed by atoms with van der Waals surface area (Å²) >= 11 is 5.83. The minimum Gasteiger partial charge on any atom is -0.301 e. The molecule has 0 aliphatic rings. The molecule has 1 rings (SSSR count). The summed E-state index contributed by atoms with van der Waals surface area (Å²) in [5.41, 5.74) is 2.84. The Morgan fingerprint density at radius 2 is 1.94 bits per heavy atom. The summed E-state index contributed by atoms with van der Waals surface area (Å²) < 4.78 is 0.